The van der Waals surface area contributed by atoms with Gasteiger partial charge in [0.1, 0.15) is 5.75 Å². The van der Waals surface area contributed by atoms with Crippen molar-refractivity contribution in [2.24, 2.45) is 5.73 Å². The van der Waals surface area contributed by atoms with Gasteiger partial charge in [0.05, 0.1) is 12.0 Å². The van der Waals surface area contributed by atoms with Crippen LogP contribution in [0.2, 0.25) is 0 Å². The van der Waals surface area contributed by atoms with Crippen LogP contribution >= 0.6 is 0 Å². The number of hydrogen-bond acceptors (Lipinski definition) is 4. The van der Waals surface area contributed by atoms with Crippen LogP contribution in [0.25, 0.3) is 0 Å². The molecule has 1 heterocycles. The first-order chi connectivity index (χ1) is 12.0. The fraction of sp³-hybridized carbons (Fsp3) is 0.263. The van der Waals surface area contributed by atoms with Gasteiger partial charge in [-0.05, 0) is 24.6 Å². The molecule has 0 unspecified atom stereocenters. The predicted octanol–water partition coefficient (Wildman–Crippen LogP) is 1.43. The zero-order valence-corrected chi connectivity index (χ0v) is 13.8. The maximum atomic E-state index is 12.2. The summed E-state index contributed by atoms with van der Waals surface area (Å²) in [5.41, 5.74) is 7.33. The van der Waals surface area contributed by atoms with E-state index in [9.17, 15) is 14.7 Å². The molecule has 0 saturated carbocycles. The van der Waals surface area contributed by atoms with Crippen molar-refractivity contribution in [1.29, 1.82) is 0 Å². The number of rotatable bonds is 5. The summed E-state index contributed by atoms with van der Waals surface area (Å²) in [7, 11) is 0. The van der Waals surface area contributed by atoms with Crippen molar-refractivity contribution >= 4 is 17.5 Å². The van der Waals surface area contributed by atoms with Crippen LogP contribution in [0, 0.1) is 0 Å². The Hall–Kier alpha value is -3.02. The molecule has 2 amide bonds. The van der Waals surface area contributed by atoms with Gasteiger partial charge >= 0.3 is 0 Å². The minimum Gasteiger partial charge on any atom is -0.508 e. The van der Waals surface area contributed by atoms with Crippen LogP contribution in [0.5, 0.6) is 5.75 Å². The summed E-state index contributed by atoms with van der Waals surface area (Å²) in [6, 6.07) is 14.0. The van der Waals surface area contributed by atoms with Crippen molar-refractivity contribution in [3.8, 4) is 5.75 Å². The number of aromatic hydroxyl groups is 1. The van der Waals surface area contributed by atoms with Crippen molar-refractivity contribution in [3.63, 3.8) is 0 Å². The molecule has 1 fully saturated rings. The normalized spacial score (nSPS) is 16.6. The molecular weight excluding hydrogens is 318 g/mol. The third-order valence-electron chi connectivity index (χ3n) is 4.41. The molecule has 3 rings (SSSR count). The van der Waals surface area contributed by atoms with Crippen LogP contribution in [-0.4, -0.2) is 36.1 Å². The van der Waals surface area contributed by atoms with Gasteiger partial charge in [0.25, 0.3) is 5.91 Å². The van der Waals surface area contributed by atoms with Crippen LogP contribution in [-0.2, 0) is 11.2 Å². The monoisotopic (exact) mass is 339 g/mol. The summed E-state index contributed by atoms with van der Waals surface area (Å²) in [4.78, 5) is 25.9. The van der Waals surface area contributed by atoms with Crippen molar-refractivity contribution in [2.45, 2.75) is 18.9 Å². The summed E-state index contributed by atoms with van der Waals surface area (Å²) < 4.78 is 0. The summed E-state index contributed by atoms with van der Waals surface area (Å²) in [5, 5.41) is 12.8. The maximum Gasteiger partial charge on any atom is 0.250 e. The standard InChI is InChI=1S/C19H21N3O3/c20-19(25)15-6-2-3-7-16(15)22-10-9-14(12-22)21-18(24)11-13-5-1-4-8-17(13)23/h1-8,14,23H,9-12H2,(H2,20,25)(H,21,24)/t14-/m1/s1. The number of carbonyl (C=O) groups is 2. The Morgan fingerprint density at radius 3 is 2.64 bits per heavy atom. The minimum atomic E-state index is -0.456. The molecule has 1 aliphatic heterocycles. The van der Waals surface area contributed by atoms with Gasteiger partial charge in [-0.15, -0.1) is 0 Å². The lowest BCUT2D eigenvalue weighted by Gasteiger charge is -2.21. The average molecular weight is 339 g/mol. The first kappa shape index (κ1) is 16.8. The molecule has 1 aliphatic rings. The molecule has 2 aromatic carbocycles. The highest BCUT2D eigenvalue weighted by Gasteiger charge is 2.26. The van der Waals surface area contributed by atoms with Gasteiger partial charge < -0.3 is 21.1 Å². The first-order valence-electron chi connectivity index (χ1n) is 8.24. The highest BCUT2D eigenvalue weighted by molar-refractivity contribution is 5.98. The second-order valence-electron chi connectivity index (χ2n) is 6.19. The number of nitrogens with one attached hydrogen (secondary N) is 1. The third kappa shape index (κ3) is 3.91. The number of phenols is 1. The zero-order chi connectivity index (χ0) is 17.8. The Morgan fingerprint density at radius 1 is 1.16 bits per heavy atom. The number of para-hydroxylation sites is 2. The Morgan fingerprint density at radius 2 is 1.88 bits per heavy atom. The lowest BCUT2D eigenvalue weighted by atomic mass is 10.1. The fourth-order valence-electron chi connectivity index (χ4n) is 3.17. The Labute approximate surface area is 146 Å². The van der Waals surface area contributed by atoms with E-state index in [1.807, 2.05) is 12.1 Å². The third-order valence-corrected chi connectivity index (χ3v) is 4.41. The zero-order valence-electron chi connectivity index (χ0n) is 13.8. The van der Waals surface area contributed by atoms with E-state index in [-0.39, 0.29) is 24.1 Å². The van der Waals surface area contributed by atoms with Crippen LogP contribution in [0.4, 0.5) is 5.69 Å². The number of nitrogens with zero attached hydrogens (tertiary/aromatic N) is 1. The molecule has 1 saturated heterocycles. The van der Waals surface area contributed by atoms with Crippen LogP contribution < -0.4 is 16.0 Å². The van der Waals surface area contributed by atoms with Crippen LogP contribution in [0.1, 0.15) is 22.3 Å². The van der Waals surface area contributed by atoms with E-state index in [0.29, 0.717) is 17.7 Å². The minimum absolute atomic E-state index is 0.000659. The van der Waals surface area contributed by atoms with Crippen molar-refractivity contribution in [3.05, 3.63) is 59.7 Å². The van der Waals surface area contributed by atoms with E-state index >= 15 is 0 Å². The van der Waals surface area contributed by atoms with Gasteiger partial charge in [-0.2, -0.15) is 0 Å². The molecule has 4 N–H and O–H groups in total. The number of phenolic OH excluding ortho intramolecular Hbond substituents is 1. The van der Waals surface area contributed by atoms with E-state index in [2.05, 4.69) is 10.2 Å². The molecule has 0 aromatic heterocycles. The van der Waals surface area contributed by atoms with E-state index in [1.54, 1.807) is 36.4 Å². The Balaban J connectivity index is 1.61. The molecule has 130 valence electrons. The topological polar surface area (TPSA) is 95.7 Å². The van der Waals surface area contributed by atoms with Crippen LogP contribution in [0.3, 0.4) is 0 Å². The van der Waals surface area contributed by atoms with Gasteiger partial charge in [0.15, 0.2) is 0 Å². The maximum absolute atomic E-state index is 12.2. The summed E-state index contributed by atoms with van der Waals surface area (Å²) in [6.07, 6.45) is 0.931. The van der Waals surface area contributed by atoms with E-state index in [4.69, 9.17) is 5.73 Å². The number of carbonyl (C=O) groups excluding carboxylic acids is 2. The SMILES string of the molecule is NC(=O)c1ccccc1N1CC[C@@H](NC(=O)Cc2ccccc2O)C1. The molecule has 6 heteroatoms. The molecular formula is C19H21N3O3. The largest absolute Gasteiger partial charge is 0.508 e. The van der Waals surface area contributed by atoms with E-state index in [1.165, 1.54) is 0 Å². The Bertz CT molecular complexity index is 791. The summed E-state index contributed by atoms with van der Waals surface area (Å²) in [5.74, 6) is -0.458. The Kier molecular flexibility index (Phi) is 4.88. The van der Waals surface area contributed by atoms with Crippen LogP contribution in [0.15, 0.2) is 48.5 Å². The summed E-state index contributed by atoms with van der Waals surface area (Å²) in [6.45, 7) is 1.36. The molecule has 25 heavy (non-hydrogen) atoms. The summed E-state index contributed by atoms with van der Waals surface area (Å²) >= 11 is 0. The van der Waals surface area contributed by atoms with E-state index < -0.39 is 5.91 Å². The van der Waals surface area contributed by atoms with Gasteiger partial charge in [-0.1, -0.05) is 30.3 Å². The van der Waals surface area contributed by atoms with Crippen molar-refractivity contribution in [2.75, 3.05) is 18.0 Å². The molecule has 6 nitrogen and oxygen atoms in total. The molecule has 1 atom stereocenters. The van der Waals surface area contributed by atoms with Gasteiger partial charge in [-0.3, -0.25) is 9.59 Å². The molecule has 2 aromatic rings. The highest BCUT2D eigenvalue weighted by atomic mass is 16.3. The smallest absolute Gasteiger partial charge is 0.250 e. The molecule has 0 bridgehead atoms. The second kappa shape index (κ2) is 7.25. The van der Waals surface area contributed by atoms with Gasteiger partial charge in [-0.25, -0.2) is 0 Å². The number of nitrogens with two attached hydrogens (primary N) is 1. The molecule has 0 aliphatic carbocycles. The van der Waals surface area contributed by atoms with E-state index in [0.717, 1.165) is 18.7 Å². The molecule has 0 spiro atoms. The number of hydrogen-bond donors (Lipinski definition) is 3. The van der Waals surface area contributed by atoms with Gasteiger partial charge in [0, 0.05) is 30.4 Å². The lowest BCUT2D eigenvalue weighted by molar-refractivity contribution is -0.121. The predicted molar refractivity (Wildman–Crippen MR) is 95.5 cm³/mol. The number of anilines is 1. The lowest BCUT2D eigenvalue weighted by Crippen LogP contribution is -2.38. The van der Waals surface area contributed by atoms with Crippen molar-refractivity contribution < 1.29 is 14.7 Å². The number of benzene rings is 2. The fourth-order valence-corrected chi connectivity index (χ4v) is 3.17. The van der Waals surface area contributed by atoms with Gasteiger partial charge in [0.2, 0.25) is 5.91 Å². The number of primary amides is 1. The second-order valence-corrected chi connectivity index (χ2v) is 6.19. The van der Waals surface area contributed by atoms with Crippen molar-refractivity contribution in [1.82, 2.24) is 5.32 Å². The average Bonchev–Trinajstić information content (AvgIpc) is 3.05. The highest BCUT2D eigenvalue weighted by Crippen LogP contribution is 2.24. The molecule has 0 radical (unpaired) electrons. The quantitative estimate of drug-likeness (QED) is 0.768. The number of amides is 2. The first-order valence-corrected chi connectivity index (χ1v) is 8.24.